The molecule has 2 aromatic rings. The second kappa shape index (κ2) is 7.72. The number of carbonyl (C=O) groups excluding carboxylic acids is 2. The largest absolute Gasteiger partial charge is 0.368 e. The molecule has 0 atom stereocenters. The summed E-state index contributed by atoms with van der Waals surface area (Å²) in [5.74, 6) is -0.623. The molecule has 28 heavy (non-hydrogen) atoms. The van der Waals surface area contributed by atoms with Crippen LogP contribution in [0.15, 0.2) is 42.5 Å². The van der Waals surface area contributed by atoms with Crippen LogP contribution in [0.25, 0.3) is 0 Å². The van der Waals surface area contributed by atoms with Gasteiger partial charge in [0, 0.05) is 38.4 Å². The van der Waals surface area contributed by atoms with Crippen molar-refractivity contribution in [1.82, 2.24) is 4.90 Å². The summed E-state index contributed by atoms with van der Waals surface area (Å²) < 4.78 is 14.1. The number of anilines is 2. The molecule has 1 fully saturated rings. The monoisotopic (exact) mass is 381 g/mol. The Morgan fingerprint density at radius 1 is 0.929 bits per heavy atom. The number of halogens is 1. The quantitative estimate of drug-likeness (QED) is 0.764. The normalized spacial score (nSPS) is 16.9. The second-order valence-electron chi connectivity index (χ2n) is 7.38. The van der Waals surface area contributed by atoms with Crippen LogP contribution in [0.5, 0.6) is 0 Å². The van der Waals surface area contributed by atoms with E-state index in [4.69, 9.17) is 0 Å². The van der Waals surface area contributed by atoms with Gasteiger partial charge in [0.1, 0.15) is 5.82 Å². The first-order chi connectivity index (χ1) is 13.5. The Bertz CT molecular complexity index is 906. The topological polar surface area (TPSA) is 43.9 Å². The van der Waals surface area contributed by atoms with Crippen molar-refractivity contribution >= 4 is 23.1 Å². The summed E-state index contributed by atoms with van der Waals surface area (Å²) >= 11 is 0. The average Bonchev–Trinajstić information content (AvgIpc) is 3.12. The molecule has 0 saturated carbocycles. The van der Waals surface area contributed by atoms with Crippen molar-refractivity contribution < 1.29 is 14.0 Å². The molecular formula is C22H24FN3O2. The Hall–Kier alpha value is -2.73. The lowest BCUT2D eigenvalue weighted by Crippen LogP contribution is -2.50. The average molecular weight is 381 g/mol. The highest BCUT2D eigenvalue weighted by Gasteiger charge is 2.28. The number of piperazine rings is 1. The molecule has 1 saturated heterocycles. The van der Waals surface area contributed by atoms with E-state index in [1.807, 2.05) is 28.0 Å². The van der Waals surface area contributed by atoms with Crippen molar-refractivity contribution in [3.63, 3.8) is 0 Å². The van der Waals surface area contributed by atoms with E-state index in [2.05, 4.69) is 11.0 Å². The number of carbonyl (C=O) groups is 2. The number of Topliss-reactive ketones (excluding diaryl/α,β-unsaturated/α-hetero) is 1. The predicted octanol–water partition coefficient (Wildman–Crippen LogP) is 2.74. The molecule has 0 aromatic heterocycles. The summed E-state index contributed by atoms with van der Waals surface area (Å²) in [4.78, 5) is 30.7. The third kappa shape index (κ3) is 3.52. The zero-order chi connectivity index (χ0) is 19.7. The minimum atomic E-state index is -0.477. The van der Waals surface area contributed by atoms with Crippen LogP contribution in [0.1, 0.15) is 22.8 Å². The van der Waals surface area contributed by atoms with Gasteiger partial charge >= 0.3 is 0 Å². The molecule has 1 amide bonds. The van der Waals surface area contributed by atoms with Gasteiger partial charge in [0.15, 0.2) is 5.78 Å². The van der Waals surface area contributed by atoms with E-state index < -0.39 is 5.82 Å². The highest BCUT2D eigenvalue weighted by Crippen LogP contribution is 2.28. The fourth-order valence-corrected chi connectivity index (χ4v) is 4.15. The lowest BCUT2D eigenvalue weighted by atomic mass is 10.1. The fraction of sp³-hybridized carbons (Fsp3) is 0.364. The molecule has 6 heteroatoms. The molecule has 0 spiro atoms. The zero-order valence-electron chi connectivity index (χ0n) is 16.0. The standard InChI is InChI=1S/C22H24FN3O2/c1-16(27)22-18(23)6-4-8-20(22)25-13-11-24(12-14-25)15-21(28)26-10-9-17-5-2-3-7-19(17)26/h2-8H,9-15H2,1H3. The Labute approximate surface area is 164 Å². The van der Waals surface area contributed by atoms with Crippen LogP contribution in [-0.4, -0.2) is 55.9 Å². The number of ketones is 1. The number of rotatable bonds is 4. The lowest BCUT2D eigenvalue weighted by Gasteiger charge is -2.37. The van der Waals surface area contributed by atoms with Gasteiger partial charge in [0.05, 0.1) is 17.8 Å². The van der Waals surface area contributed by atoms with Crippen molar-refractivity contribution in [3.8, 4) is 0 Å². The van der Waals surface area contributed by atoms with Crippen LogP contribution in [0, 0.1) is 5.82 Å². The maximum atomic E-state index is 14.1. The summed E-state index contributed by atoms with van der Waals surface area (Å²) in [6.45, 7) is 5.24. The third-order valence-electron chi connectivity index (χ3n) is 5.60. The van der Waals surface area contributed by atoms with Gasteiger partial charge in [0.25, 0.3) is 0 Å². The first-order valence-corrected chi connectivity index (χ1v) is 9.69. The lowest BCUT2D eigenvalue weighted by molar-refractivity contribution is -0.119. The Balaban J connectivity index is 1.39. The SMILES string of the molecule is CC(=O)c1c(F)cccc1N1CCN(CC(=O)N2CCc3ccccc32)CC1. The molecular weight excluding hydrogens is 357 g/mol. The Morgan fingerprint density at radius 3 is 2.39 bits per heavy atom. The van der Waals surface area contributed by atoms with Crippen molar-refractivity contribution in [3.05, 3.63) is 59.4 Å². The summed E-state index contributed by atoms with van der Waals surface area (Å²) in [6, 6.07) is 12.8. The number of hydrogen-bond acceptors (Lipinski definition) is 4. The number of nitrogens with zero attached hydrogens (tertiary/aromatic N) is 3. The molecule has 2 heterocycles. The van der Waals surface area contributed by atoms with Gasteiger partial charge in [-0.1, -0.05) is 24.3 Å². The van der Waals surface area contributed by atoms with Crippen molar-refractivity contribution in [2.24, 2.45) is 0 Å². The molecule has 0 bridgehead atoms. The third-order valence-corrected chi connectivity index (χ3v) is 5.60. The molecule has 146 valence electrons. The molecule has 0 unspecified atom stereocenters. The minimum Gasteiger partial charge on any atom is -0.368 e. The van der Waals surface area contributed by atoms with Gasteiger partial charge in [-0.25, -0.2) is 4.39 Å². The number of amides is 1. The molecule has 0 aliphatic carbocycles. The fourth-order valence-electron chi connectivity index (χ4n) is 4.15. The van der Waals surface area contributed by atoms with Gasteiger partial charge in [-0.05, 0) is 37.1 Å². The minimum absolute atomic E-state index is 0.119. The van der Waals surface area contributed by atoms with E-state index in [9.17, 15) is 14.0 Å². The molecule has 2 aromatic carbocycles. The predicted molar refractivity (Wildman–Crippen MR) is 108 cm³/mol. The van der Waals surface area contributed by atoms with Crippen LogP contribution < -0.4 is 9.80 Å². The highest BCUT2D eigenvalue weighted by atomic mass is 19.1. The van der Waals surface area contributed by atoms with Crippen LogP contribution in [0.4, 0.5) is 15.8 Å². The Kier molecular flexibility index (Phi) is 5.13. The summed E-state index contributed by atoms with van der Waals surface area (Å²) in [6.07, 6.45) is 0.906. The number of para-hydroxylation sites is 1. The number of benzene rings is 2. The van der Waals surface area contributed by atoms with Crippen molar-refractivity contribution in [2.75, 3.05) is 49.1 Å². The van der Waals surface area contributed by atoms with Gasteiger partial charge < -0.3 is 9.80 Å². The maximum Gasteiger partial charge on any atom is 0.241 e. The van der Waals surface area contributed by atoms with E-state index in [0.717, 1.165) is 18.7 Å². The second-order valence-corrected chi connectivity index (χ2v) is 7.38. The molecule has 0 radical (unpaired) electrons. The van der Waals surface area contributed by atoms with Crippen LogP contribution >= 0.6 is 0 Å². The molecule has 5 nitrogen and oxygen atoms in total. The van der Waals surface area contributed by atoms with Gasteiger partial charge in [-0.15, -0.1) is 0 Å². The van der Waals surface area contributed by atoms with E-state index in [1.165, 1.54) is 18.6 Å². The van der Waals surface area contributed by atoms with Gasteiger partial charge in [-0.2, -0.15) is 0 Å². The van der Waals surface area contributed by atoms with Crippen LogP contribution in [0.2, 0.25) is 0 Å². The molecule has 2 aliphatic heterocycles. The van der Waals surface area contributed by atoms with Gasteiger partial charge in [0.2, 0.25) is 5.91 Å². The van der Waals surface area contributed by atoms with E-state index in [-0.39, 0.29) is 17.3 Å². The van der Waals surface area contributed by atoms with E-state index >= 15 is 0 Å². The van der Waals surface area contributed by atoms with Crippen LogP contribution in [-0.2, 0) is 11.2 Å². The summed E-state index contributed by atoms with van der Waals surface area (Å²) in [5.41, 5.74) is 3.05. The first-order valence-electron chi connectivity index (χ1n) is 9.69. The van der Waals surface area contributed by atoms with Crippen LogP contribution in [0.3, 0.4) is 0 Å². The summed E-state index contributed by atoms with van der Waals surface area (Å²) in [7, 11) is 0. The highest BCUT2D eigenvalue weighted by molar-refractivity contribution is 6.00. The number of hydrogen-bond donors (Lipinski definition) is 0. The summed E-state index contributed by atoms with van der Waals surface area (Å²) in [5, 5.41) is 0. The van der Waals surface area contributed by atoms with E-state index in [0.29, 0.717) is 38.4 Å². The molecule has 2 aliphatic rings. The molecule has 4 rings (SSSR count). The van der Waals surface area contributed by atoms with Crippen molar-refractivity contribution in [2.45, 2.75) is 13.3 Å². The smallest absolute Gasteiger partial charge is 0.241 e. The van der Waals surface area contributed by atoms with Gasteiger partial charge in [-0.3, -0.25) is 14.5 Å². The maximum absolute atomic E-state index is 14.1. The molecule has 0 N–H and O–H groups in total. The van der Waals surface area contributed by atoms with Crippen molar-refractivity contribution in [1.29, 1.82) is 0 Å². The zero-order valence-corrected chi connectivity index (χ0v) is 16.0. The Morgan fingerprint density at radius 2 is 1.64 bits per heavy atom. The number of fused-ring (bicyclic) bond motifs is 1. The van der Waals surface area contributed by atoms with E-state index in [1.54, 1.807) is 12.1 Å². The first kappa shape index (κ1) is 18.6.